The molecule has 2 nitrogen and oxygen atoms in total. The first-order chi connectivity index (χ1) is 10.3. The summed E-state index contributed by atoms with van der Waals surface area (Å²) in [7, 11) is 2.02. The normalized spacial score (nSPS) is 12.7. The number of nitrogens with zero attached hydrogens (tertiary/aromatic N) is 1. The minimum atomic E-state index is 0.393. The Morgan fingerprint density at radius 3 is 2.62 bits per heavy atom. The second-order valence-electron chi connectivity index (χ2n) is 5.06. The molecule has 1 atom stereocenters. The lowest BCUT2D eigenvalue weighted by Crippen LogP contribution is -2.30. The molecule has 3 aromatic rings. The van der Waals surface area contributed by atoms with Crippen LogP contribution in [0.25, 0.3) is 10.2 Å². The molecule has 2 aromatic carbocycles. The molecule has 0 saturated carbocycles. The minimum Gasteiger partial charge on any atom is -0.316 e. The molecule has 0 fully saturated rings. The van der Waals surface area contributed by atoms with Crippen LogP contribution in [0.5, 0.6) is 0 Å². The van der Waals surface area contributed by atoms with Gasteiger partial charge in [0.25, 0.3) is 0 Å². The van der Waals surface area contributed by atoms with E-state index < -0.39 is 0 Å². The van der Waals surface area contributed by atoms with Gasteiger partial charge < -0.3 is 5.32 Å². The zero-order valence-corrected chi connectivity index (χ0v) is 14.2. The third-order valence-electron chi connectivity index (χ3n) is 3.59. The molecule has 1 N–H and O–H groups in total. The molecule has 21 heavy (non-hydrogen) atoms. The number of benzene rings is 2. The van der Waals surface area contributed by atoms with Gasteiger partial charge in [-0.15, -0.1) is 11.3 Å². The molecule has 0 aliphatic heterocycles. The Balaban J connectivity index is 1.76. The van der Waals surface area contributed by atoms with Crippen LogP contribution in [0.4, 0.5) is 0 Å². The van der Waals surface area contributed by atoms with Crippen molar-refractivity contribution in [1.29, 1.82) is 0 Å². The lowest BCUT2D eigenvalue weighted by atomic mass is 10.0. The summed E-state index contributed by atoms with van der Waals surface area (Å²) in [5.41, 5.74) is 2.44. The lowest BCUT2D eigenvalue weighted by molar-refractivity contribution is 0.555. The average molecular weight is 361 g/mol. The van der Waals surface area contributed by atoms with Crippen LogP contribution in [-0.4, -0.2) is 18.1 Å². The highest BCUT2D eigenvalue weighted by atomic mass is 79.9. The van der Waals surface area contributed by atoms with E-state index in [0.29, 0.717) is 6.04 Å². The Bertz CT molecular complexity index is 705. The Kier molecular flexibility index (Phi) is 4.68. The molecule has 0 aliphatic rings. The van der Waals surface area contributed by atoms with Crippen LogP contribution >= 0.6 is 27.3 Å². The molecule has 0 amide bonds. The summed E-state index contributed by atoms with van der Waals surface area (Å²) in [6, 6.07) is 17.1. The van der Waals surface area contributed by atoms with Crippen LogP contribution in [0, 0.1) is 0 Å². The number of rotatable bonds is 5. The molecular formula is C17H17BrN2S. The number of hydrogen-bond donors (Lipinski definition) is 1. The standard InChI is InChI=1S/C17H17BrN2S/c1-19-13(10-12-6-2-3-7-14(12)18)11-17-20-15-8-4-5-9-16(15)21-17/h2-9,13,19H,10-11H2,1H3. The molecule has 0 aliphatic carbocycles. The van der Waals surface area contributed by atoms with Crippen molar-refractivity contribution in [2.24, 2.45) is 0 Å². The second kappa shape index (κ2) is 6.69. The van der Waals surface area contributed by atoms with Gasteiger partial charge in [-0.25, -0.2) is 4.98 Å². The fourth-order valence-corrected chi connectivity index (χ4v) is 3.92. The first kappa shape index (κ1) is 14.7. The van der Waals surface area contributed by atoms with Crippen LogP contribution in [0.15, 0.2) is 53.0 Å². The maximum Gasteiger partial charge on any atom is 0.0954 e. The van der Waals surface area contributed by atoms with E-state index >= 15 is 0 Å². The van der Waals surface area contributed by atoms with Gasteiger partial charge in [0, 0.05) is 16.9 Å². The van der Waals surface area contributed by atoms with E-state index in [-0.39, 0.29) is 0 Å². The van der Waals surface area contributed by atoms with Crippen molar-refractivity contribution in [3.8, 4) is 0 Å². The number of para-hydroxylation sites is 1. The van der Waals surface area contributed by atoms with Crippen molar-refractivity contribution in [3.63, 3.8) is 0 Å². The van der Waals surface area contributed by atoms with E-state index in [1.54, 1.807) is 11.3 Å². The smallest absolute Gasteiger partial charge is 0.0954 e. The molecule has 3 rings (SSSR count). The van der Waals surface area contributed by atoms with Gasteiger partial charge in [0.15, 0.2) is 0 Å². The predicted molar refractivity (Wildman–Crippen MR) is 94.0 cm³/mol. The second-order valence-corrected chi connectivity index (χ2v) is 7.03. The maximum absolute atomic E-state index is 4.73. The van der Waals surface area contributed by atoms with E-state index in [1.165, 1.54) is 19.7 Å². The number of fused-ring (bicyclic) bond motifs is 1. The maximum atomic E-state index is 4.73. The molecule has 0 spiro atoms. The quantitative estimate of drug-likeness (QED) is 0.727. The molecule has 1 aromatic heterocycles. The van der Waals surface area contributed by atoms with Crippen molar-refractivity contribution in [2.45, 2.75) is 18.9 Å². The summed E-state index contributed by atoms with van der Waals surface area (Å²) in [6.45, 7) is 0. The number of aromatic nitrogens is 1. The summed E-state index contributed by atoms with van der Waals surface area (Å²) in [5.74, 6) is 0. The van der Waals surface area contributed by atoms with Crippen molar-refractivity contribution in [1.82, 2.24) is 10.3 Å². The van der Waals surface area contributed by atoms with E-state index in [4.69, 9.17) is 4.98 Å². The van der Waals surface area contributed by atoms with Crippen molar-refractivity contribution in [2.75, 3.05) is 7.05 Å². The van der Waals surface area contributed by atoms with Crippen LogP contribution in [0.1, 0.15) is 10.6 Å². The van der Waals surface area contributed by atoms with Crippen LogP contribution < -0.4 is 5.32 Å². The van der Waals surface area contributed by atoms with E-state index in [9.17, 15) is 0 Å². The number of hydrogen-bond acceptors (Lipinski definition) is 3. The molecule has 1 heterocycles. The molecule has 108 valence electrons. The van der Waals surface area contributed by atoms with Crippen molar-refractivity contribution in [3.05, 3.63) is 63.6 Å². The van der Waals surface area contributed by atoms with Gasteiger partial charge in [-0.3, -0.25) is 0 Å². The molecular weight excluding hydrogens is 344 g/mol. The Hall–Kier alpha value is -1.23. The molecule has 1 unspecified atom stereocenters. The first-order valence-electron chi connectivity index (χ1n) is 7.01. The number of halogens is 1. The Labute approximate surface area is 137 Å². The zero-order chi connectivity index (χ0) is 14.7. The van der Waals surface area contributed by atoms with Gasteiger partial charge in [0.1, 0.15) is 0 Å². The number of nitrogens with one attached hydrogen (secondary N) is 1. The van der Waals surface area contributed by atoms with Gasteiger partial charge >= 0.3 is 0 Å². The fourth-order valence-electron chi connectivity index (χ4n) is 2.42. The van der Waals surface area contributed by atoms with Crippen molar-refractivity contribution >= 4 is 37.5 Å². The van der Waals surface area contributed by atoms with Crippen LogP contribution in [0.2, 0.25) is 0 Å². The summed E-state index contributed by atoms with van der Waals surface area (Å²) < 4.78 is 2.44. The van der Waals surface area contributed by atoms with Crippen LogP contribution in [0.3, 0.4) is 0 Å². The zero-order valence-electron chi connectivity index (χ0n) is 11.8. The van der Waals surface area contributed by atoms with Crippen molar-refractivity contribution < 1.29 is 0 Å². The SMILES string of the molecule is CNC(Cc1nc2ccccc2s1)Cc1ccccc1Br. The minimum absolute atomic E-state index is 0.393. The highest BCUT2D eigenvalue weighted by Crippen LogP contribution is 2.24. The van der Waals surface area contributed by atoms with Gasteiger partial charge in [-0.2, -0.15) is 0 Å². The summed E-state index contributed by atoms with van der Waals surface area (Å²) in [4.78, 5) is 4.73. The third-order valence-corrected chi connectivity index (χ3v) is 5.42. The number of likely N-dealkylation sites (N-methyl/N-ethyl adjacent to an activating group) is 1. The topological polar surface area (TPSA) is 24.9 Å². The summed E-state index contributed by atoms with van der Waals surface area (Å²) >= 11 is 5.42. The van der Waals surface area contributed by atoms with Gasteiger partial charge in [0.2, 0.25) is 0 Å². The van der Waals surface area contributed by atoms with Gasteiger partial charge in [-0.05, 0) is 37.2 Å². The van der Waals surface area contributed by atoms with Gasteiger partial charge in [0.05, 0.1) is 15.2 Å². The summed E-state index contributed by atoms with van der Waals surface area (Å²) in [6.07, 6.45) is 1.95. The van der Waals surface area contributed by atoms with E-state index in [1.807, 2.05) is 13.1 Å². The van der Waals surface area contributed by atoms with Crippen LogP contribution in [-0.2, 0) is 12.8 Å². The predicted octanol–water partition coefficient (Wildman–Crippen LogP) is 4.43. The monoisotopic (exact) mass is 360 g/mol. The fraction of sp³-hybridized carbons (Fsp3) is 0.235. The van der Waals surface area contributed by atoms with E-state index in [2.05, 4.69) is 63.7 Å². The number of thiazole rings is 1. The summed E-state index contributed by atoms with van der Waals surface area (Å²) in [5, 5.41) is 4.61. The Morgan fingerprint density at radius 1 is 1.10 bits per heavy atom. The molecule has 4 heteroatoms. The lowest BCUT2D eigenvalue weighted by Gasteiger charge is -2.15. The highest BCUT2D eigenvalue weighted by Gasteiger charge is 2.13. The van der Waals surface area contributed by atoms with Gasteiger partial charge in [-0.1, -0.05) is 46.3 Å². The first-order valence-corrected chi connectivity index (χ1v) is 8.62. The molecule has 0 radical (unpaired) electrons. The largest absolute Gasteiger partial charge is 0.316 e. The average Bonchev–Trinajstić information content (AvgIpc) is 2.91. The van der Waals surface area contributed by atoms with E-state index in [0.717, 1.165) is 18.4 Å². The molecule has 0 bridgehead atoms. The molecule has 0 saturated heterocycles. The Morgan fingerprint density at radius 2 is 1.86 bits per heavy atom. The third kappa shape index (κ3) is 3.51. The highest BCUT2D eigenvalue weighted by molar-refractivity contribution is 9.10.